The Labute approximate surface area is 104 Å². The molecule has 0 aliphatic rings. The molecule has 0 spiro atoms. The maximum Gasteiger partial charge on any atom is 0.400 e. The fourth-order valence-electron chi connectivity index (χ4n) is 1.48. The van der Waals surface area contributed by atoms with Crippen LogP contribution < -0.4 is 11.1 Å². The summed E-state index contributed by atoms with van der Waals surface area (Å²) in [5.74, 6) is -2.70. The van der Waals surface area contributed by atoms with Gasteiger partial charge in [0.2, 0.25) is 0 Å². The molecule has 0 bridgehead atoms. The van der Waals surface area contributed by atoms with Crippen molar-refractivity contribution < 1.29 is 23.5 Å². The third-order valence-electron chi connectivity index (χ3n) is 2.34. The predicted octanol–water partition coefficient (Wildman–Crippen LogP) is 0.908. The Hall–Kier alpha value is -1.02. The van der Waals surface area contributed by atoms with Crippen LogP contribution in [0.15, 0.2) is 5.16 Å². The van der Waals surface area contributed by atoms with Crippen molar-refractivity contribution in [3.63, 3.8) is 0 Å². The highest BCUT2D eigenvalue weighted by Gasteiger charge is 2.42. The van der Waals surface area contributed by atoms with Gasteiger partial charge in [-0.3, -0.25) is 0 Å². The molecule has 0 heterocycles. The van der Waals surface area contributed by atoms with Crippen molar-refractivity contribution in [1.29, 1.82) is 0 Å². The average Bonchev–Trinajstić information content (AvgIpc) is 2.20. The number of nitrogens with one attached hydrogen (secondary N) is 1. The fraction of sp³-hybridized carbons (Fsp3) is 0.900. The molecule has 0 aromatic carbocycles. The van der Waals surface area contributed by atoms with Gasteiger partial charge in [0.1, 0.15) is 5.92 Å². The first-order valence-corrected chi connectivity index (χ1v) is 5.61. The van der Waals surface area contributed by atoms with Crippen LogP contribution in [0.3, 0.4) is 0 Å². The van der Waals surface area contributed by atoms with Crippen LogP contribution in [0.1, 0.15) is 20.3 Å². The zero-order valence-corrected chi connectivity index (χ0v) is 10.4. The molecule has 108 valence electrons. The second kappa shape index (κ2) is 7.42. The van der Waals surface area contributed by atoms with E-state index in [9.17, 15) is 18.3 Å². The van der Waals surface area contributed by atoms with Gasteiger partial charge in [0.15, 0.2) is 5.84 Å². The molecule has 0 fully saturated rings. The van der Waals surface area contributed by atoms with Crippen molar-refractivity contribution in [2.45, 2.75) is 32.5 Å². The minimum absolute atomic E-state index is 0.0312. The van der Waals surface area contributed by atoms with Crippen molar-refractivity contribution in [3.8, 4) is 0 Å². The summed E-state index contributed by atoms with van der Waals surface area (Å²) in [4.78, 5) is 0. The lowest BCUT2D eigenvalue weighted by molar-refractivity contribution is -0.155. The molecule has 5 nitrogen and oxygen atoms in total. The van der Waals surface area contributed by atoms with Crippen LogP contribution in [-0.2, 0) is 0 Å². The molecule has 0 saturated carbocycles. The van der Waals surface area contributed by atoms with Gasteiger partial charge in [0.05, 0.1) is 6.10 Å². The largest absolute Gasteiger partial charge is 0.409 e. The summed E-state index contributed by atoms with van der Waals surface area (Å²) in [6.07, 6.45) is -4.81. The van der Waals surface area contributed by atoms with E-state index in [0.717, 1.165) is 0 Å². The molecule has 2 atom stereocenters. The monoisotopic (exact) mass is 271 g/mol. The summed E-state index contributed by atoms with van der Waals surface area (Å²) >= 11 is 0. The molecule has 2 unspecified atom stereocenters. The van der Waals surface area contributed by atoms with Gasteiger partial charge in [-0.2, -0.15) is 13.2 Å². The molecule has 18 heavy (non-hydrogen) atoms. The van der Waals surface area contributed by atoms with Crippen molar-refractivity contribution in [1.82, 2.24) is 5.32 Å². The van der Waals surface area contributed by atoms with E-state index in [1.807, 2.05) is 13.8 Å². The number of nitrogens with zero attached hydrogens (tertiary/aromatic N) is 1. The molecule has 0 rings (SSSR count). The second-order valence-corrected chi connectivity index (χ2v) is 4.56. The van der Waals surface area contributed by atoms with Crippen molar-refractivity contribution in [2.24, 2.45) is 22.7 Å². The lowest BCUT2D eigenvalue weighted by Crippen LogP contribution is -2.44. The van der Waals surface area contributed by atoms with Gasteiger partial charge in [0.25, 0.3) is 0 Å². The van der Waals surface area contributed by atoms with Crippen LogP contribution >= 0.6 is 0 Å². The molecule has 0 aromatic heterocycles. The highest BCUT2D eigenvalue weighted by molar-refractivity contribution is 5.83. The first-order chi connectivity index (χ1) is 8.18. The molecule has 8 heteroatoms. The highest BCUT2D eigenvalue weighted by Crippen LogP contribution is 2.25. The normalized spacial score (nSPS) is 16.9. The quantitative estimate of drug-likeness (QED) is 0.240. The summed E-state index contributed by atoms with van der Waals surface area (Å²) in [5.41, 5.74) is 4.98. The molecule has 0 amide bonds. The molecule has 0 aliphatic carbocycles. The average molecular weight is 271 g/mol. The molecule has 0 aromatic rings. The van der Waals surface area contributed by atoms with Crippen molar-refractivity contribution in [3.05, 3.63) is 0 Å². The number of alkyl halides is 3. The summed E-state index contributed by atoms with van der Waals surface area (Å²) in [5, 5.41) is 22.6. The molecule has 0 aliphatic heterocycles. The minimum Gasteiger partial charge on any atom is -0.409 e. The number of aliphatic hydroxyl groups is 1. The summed E-state index contributed by atoms with van der Waals surface area (Å²) < 4.78 is 37.6. The van der Waals surface area contributed by atoms with Crippen LogP contribution in [-0.4, -0.2) is 41.5 Å². The summed E-state index contributed by atoms with van der Waals surface area (Å²) in [6, 6.07) is 0. The molecule has 5 N–H and O–H groups in total. The highest BCUT2D eigenvalue weighted by atomic mass is 19.4. The van der Waals surface area contributed by atoms with E-state index in [0.29, 0.717) is 6.42 Å². The van der Waals surface area contributed by atoms with Gasteiger partial charge in [-0.25, -0.2) is 0 Å². The van der Waals surface area contributed by atoms with Gasteiger partial charge >= 0.3 is 6.18 Å². The predicted molar refractivity (Wildman–Crippen MR) is 61.3 cm³/mol. The Kier molecular flexibility index (Phi) is 7.00. The van der Waals surface area contributed by atoms with Gasteiger partial charge in [0, 0.05) is 13.1 Å². The van der Waals surface area contributed by atoms with E-state index >= 15 is 0 Å². The Balaban J connectivity index is 4.22. The Morgan fingerprint density at radius 3 is 2.28 bits per heavy atom. The number of hydrogen-bond acceptors (Lipinski definition) is 4. The van der Waals surface area contributed by atoms with E-state index in [-0.39, 0.29) is 12.5 Å². The molecule has 0 saturated heterocycles. The van der Waals surface area contributed by atoms with E-state index in [2.05, 4.69) is 10.5 Å². The zero-order valence-electron chi connectivity index (χ0n) is 10.4. The molecular weight excluding hydrogens is 251 g/mol. The number of amidine groups is 1. The van der Waals surface area contributed by atoms with Gasteiger partial charge < -0.3 is 21.4 Å². The van der Waals surface area contributed by atoms with E-state index in [1.165, 1.54) is 0 Å². The standard InChI is InChI=1S/C10H20F3N3O2/c1-6(2)3-7(17)4-15-5-8(9(14)16-18)10(11,12)13/h6-8,15,17-18H,3-5H2,1-2H3,(H2,14,16). The smallest absolute Gasteiger partial charge is 0.400 e. The lowest BCUT2D eigenvalue weighted by atomic mass is 10.1. The number of halogens is 3. The van der Waals surface area contributed by atoms with Gasteiger partial charge in [-0.1, -0.05) is 19.0 Å². The van der Waals surface area contributed by atoms with Crippen LogP contribution in [0, 0.1) is 11.8 Å². The Morgan fingerprint density at radius 2 is 1.89 bits per heavy atom. The van der Waals surface area contributed by atoms with E-state index in [4.69, 9.17) is 10.9 Å². The maximum absolute atomic E-state index is 12.5. The number of hydrogen-bond donors (Lipinski definition) is 4. The first kappa shape index (κ1) is 17.0. The van der Waals surface area contributed by atoms with Crippen LogP contribution in [0.25, 0.3) is 0 Å². The number of oxime groups is 1. The van der Waals surface area contributed by atoms with Gasteiger partial charge in [-0.15, -0.1) is 0 Å². The fourth-order valence-corrected chi connectivity index (χ4v) is 1.48. The number of aliphatic hydroxyl groups excluding tert-OH is 1. The Morgan fingerprint density at radius 1 is 1.33 bits per heavy atom. The van der Waals surface area contributed by atoms with Gasteiger partial charge in [-0.05, 0) is 12.3 Å². The van der Waals surface area contributed by atoms with Crippen molar-refractivity contribution >= 4 is 5.84 Å². The number of nitrogens with two attached hydrogens (primary N) is 1. The van der Waals surface area contributed by atoms with E-state index < -0.39 is 30.6 Å². The van der Waals surface area contributed by atoms with Crippen LogP contribution in [0.4, 0.5) is 13.2 Å². The topological polar surface area (TPSA) is 90.9 Å². The first-order valence-electron chi connectivity index (χ1n) is 5.61. The SMILES string of the molecule is CC(C)CC(O)CNCC(C(N)=NO)C(F)(F)F. The van der Waals surface area contributed by atoms with Crippen LogP contribution in [0.2, 0.25) is 0 Å². The summed E-state index contributed by atoms with van der Waals surface area (Å²) in [6.45, 7) is 3.30. The zero-order chi connectivity index (χ0) is 14.3. The van der Waals surface area contributed by atoms with E-state index in [1.54, 1.807) is 0 Å². The second-order valence-electron chi connectivity index (χ2n) is 4.56. The maximum atomic E-state index is 12.5. The third-order valence-corrected chi connectivity index (χ3v) is 2.34. The van der Waals surface area contributed by atoms with Crippen LogP contribution in [0.5, 0.6) is 0 Å². The van der Waals surface area contributed by atoms with Crippen molar-refractivity contribution in [2.75, 3.05) is 13.1 Å². The summed E-state index contributed by atoms with van der Waals surface area (Å²) in [7, 11) is 0. The number of rotatable bonds is 7. The third kappa shape index (κ3) is 6.65. The molecule has 0 radical (unpaired) electrons. The molecular formula is C10H20F3N3O2. The lowest BCUT2D eigenvalue weighted by Gasteiger charge is -2.20. The Bertz CT molecular complexity index is 270. The minimum atomic E-state index is -4.59.